The fraction of sp³-hybridized carbons (Fsp3) is 0.944. The summed E-state index contributed by atoms with van der Waals surface area (Å²) in [5, 5.41) is 0. The Morgan fingerprint density at radius 1 is 0.632 bits per heavy atom. The first kappa shape index (κ1) is 21.0. The molecule has 0 bridgehead atoms. The number of carbonyl (C=O) groups excluding carboxylic acids is 1. The molecule has 0 fully saturated rings. The Labute approximate surface area is 122 Å². The smallest absolute Gasteiger partial charge is 0.143 e. The summed E-state index contributed by atoms with van der Waals surface area (Å²) in [6.45, 7) is 25.6. The Kier molecular flexibility index (Phi) is 7.62. The zero-order valence-corrected chi connectivity index (χ0v) is 15.6. The van der Waals surface area contributed by atoms with Crippen molar-refractivity contribution in [3.05, 3.63) is 0 Å². The molecule has 116 valence electrons. The number of carbonyl (C=O) groups is 1. The van der Waals surface area contributed by atoms with Crippen molar-refractivity contribution in [2.24, 2.45) is 28.1 Å². The summed E-state index contributed by atoms with van der Waals surface area (Å²) in [4.78, 5) is 11.5. The third-order valence-corrected chi connectivity index (χ3v) is 4.34. The minimum absolute atomic E-state index is 0.196. The average molecular weight is 271 g/mol. The number of hydrogen-bond donors (Lipinski definition) is 0. The minimum Gasteiger partial charge on any atom is -0.299 e. The van der Waals surface area contributed by atoms with Crippen molar-refractivity contribution in [2.75, 3.05) is 0 Å². The number of ketones is 1. The second kappa shape index (κ2) is 6.90. The monoisotopic (exact) mass is 270 g/mol. The summed E-state index contributed by atoms with van der Waals surface area (Å²) >= 11 is 0. The molecule has 0 saturated carbocycles. The molecule has 0 spiro atoms. The largest absolute Gasteiger partial charge is 0.299 e. The first-order chi connectivity index (χ1) is 8.04. The Balaban J connectivity index is 0. The molecule has 0 aromatic carbocycles. The summed E-state index contributed by atoms with van der Waals surface area (Å²) in [5.74, 6) is 1.90. The van der Waals surface area contributed by atoms with Gasteiger partial charge in [-0.2, -0.15) is 0 Å². The van der Waals surface area contributed by atoms with E-state index in [0.717, 1.165) is 11.8 Å². The average Bonchev–Trinajstić information content (AvgIpc) is 2.14. The molecule has 0 radical (unpaired) electrons. The van der Waals surface area contributed by atoms with Crippen LogP contribution in [0.25, 0.3) is 0 Å². The third-order valence-electron chi connectivity index (χ3n) is 4.34. The molecular formula is C18H38O. The lowest BCUT2D eigenvalue weighted by molar-refractivity contribution is -0.134. The van der Waals surface area contributed by atoms with Crippen LogP contribution in [-0.2, 0) is 4.79 Å². The Bertz CT molecular complexity index is 243. The molecule has 0 N–H and O–H groups in total. The van der Waals surface area contributed by atoms with Crippen molar-refractivity contribution in [3.63, 3.8) is 0 Å². The molecular weight excluding hydrogens is 232 g/mol. The summed E-state index contributed by atoms with van der Waals surface area (Å²) < 4.78 is 0. The topological polar surface area (TPSA) is 17.1 Å². The fourth-order valence-electron chi connectivity index (χ4n) is 1.79. The van der Waals surface area contributed by atoms with E-state index in [0.29, 0.717) is 11.2 Å². The molecule has 0 atom stereocenters. The van der Waals surface area contributed by atoms with Crippen LogP contribution in [0.4, 0.5) is 0 Å². The van der Waals surface area contributed by atoms with Crippen LogP contribution in [0.3, 0.4) is 0 Å². The second-order valence-electron chi connectivity index (χ2n) is 8.96. The Morgan fingerprint density at radius 2 is 0.842 bits per heavy atom. The summed E-state index contributed by atoms with van der Waals surface area (Å²) in [5.41, 5.74) is 0.108. The Morgan fingerprint density at radius 3 is 0.842 bits per heavy atom. The standard InChI is InChI=1S/C9H18O.C9H20/c1-8(2,3)7(10)9(4,5)6;1-7(2)9(5,6)8(3)4/h1-6H3;7-8H,1-6H3. The lowest BCUT2D eigenvalue weighted by Gasteiger charge is -2.33. The molecule has 0 aliphatic heterocycles. The molecule has 19 heavy (non-hydrogen) atoms. The van der Waals surface area contributed by atoms with Gasteiger partial charge in [0.1, 0.15) is 5.78 Å². The molecule has 1 heteroatoms. The number of rotatable bonds is 2. The van der Waals surface area contributed by atoms with Gasteiger partial charge in [-0.05, 0) is 17.3 Å². The van der Waals surface area contributed by atoms with E-state index in [2.05, 4.69) is 41.5 Å². The van der Waals surface area contributed by atoms with E-state index in [1.54, 1.807) is 0 Å². The Hall–Kier alpha value is -0.330. The van der Waals surface area contributed by atoms with E-state index in [4.69, 9.17) is 0 Å². The van der Waals surface area contributed by atoms with Crippen molar-refractivity contribution < 1.29 is 4.79 Å². The lowest BCUT2D eigenvalue weighted by Crippen LogP contribution is -2.32. The van der Waals surface area contributed by atoms with Crippen LogP contribution >= 0.6 is 0 Å². The van der Waals surface area contributed by atoms with E-state index in [9.17, 15) is 4.79 Å². The quantitative estimate of drug-likeness (QED) is 0.604. The van der Waals surface area contributed by atoms with Crippen molar-refractivity contribution >= 4 is 5.78 Å². The molecule has 0 aromatic rings. The van der Waals surface area contributed by atoms with Crippen LogP contribution in [0.2, 0.25) is 0 Å². The van der Waals surface area contributed by atoms with Crippen LogP contribution in [0.15, 0.2) is 0 Å². The van der Waals surface area contributed by atoms with E-state index >= 15 is 0 Å². The van der Waals surface area contributed by atoms with Gasteiger partial charge in [-0.1, -0.05) is 83.1 Å². The van der Waals surface area contributed by atoms with E-state index in [-0.39, 0.29) is 10.8 Å². The molecule has 0 amide bonds. The molecule has 0 aliphatic carbocycles. The lowest BCUT2D eigenvalue weighted by atomic mass is 9.72. The predicted octanol–water partition coefficient (Wildman–Crippen LogP) is 5.97. The van der Waals surface area contributed by atoms with Gasteiger partial charge in [0.25, 0.3) is 0 Å². The van der Waals surface area contributed by atoms with Gasteiger partial charge in [0, 0.05) is 10.8 Å². The number of Topliss-reactive ketones (excluding diaryl/α,β-unsaturated/α-hetero) is 1. The van der Waals surface area contributed by atoms with Gasteiger partial charge in [0.15, 0.2) is 0 Å². The van der Waals surface area contributed by atoms with Gasteiger partial charge < -0.3 is 0 Å². The highest BCUT2D eigenvalue weighted by Gasteiger charge is 2.31. The number of hydrogen-bond acceptors (Lipinski definition) is 1. The zero-order valence-electron chi connectivity index (χ0n) is 15.6. The van der Waals surface area contributed by atoms with Crippen LogP contribution in [0, 0.1) is 28.1 Å². The van der Waals surface area contributed by atoms with E-state index in [1.165, 1.54) is 0 Å². The highest BCUT2D eigenvalue weighted by atomic mass is 16.1. The summed E-state index contributed by atoms with van der Waals surface area (Å²) in [7, 11) is 0. The van der Waals surface area contributed by atoms with Gasteiger partial charge in [-0.15, -0.1) is 0 Å². The van der Waals surface area contributed by atoms with Crippen LogP contribution in [-0.4, -0.2) is 5.78 Å². The first-order valence-electron chi connectivity index (χ1n) is 7.59. The normalized spacial score (nSPS) is 13.4. The maximum Gasteiger partial charge on any atom is 0.143 e. The van der Waals surface area contributed by atoms with Crippen LogP contribution in [0.1, 0.15) is 83.1 Å². The maximum atomic E-state index is 11.5. The van der Waals surface area contributed by atoms with Crippen LogP contribution < -0.4 is 0 Å². The van der Waals surface area contributed by atoms with Gasteiger partial charge in [-0.3, -0.25) is 4.79 Å². The van der Waals surface area contributed by atoms with E-state index < -0.39 is 0 Å². The zero-order chi connectivity index (χ0) is 16.2. The molecule has 1 nitrogen and oxygen atoms in total. The molecule has 0 aliphatic rings. The van der Waals surface area contributed by atoms with Gasteiger partial charge >= 0.3 is 0 Å². The maximum absolute atomic E-state index is 11.5. The minimum atomic E-state index is -0.196. The first-order valence-corrected chi connectivity index (χ1v) is 7.59. The van der Waals surface area contributed by atoms with Crippen molar-refractivity contribution in [1.29, 1.82) is 0 Å². The second-order valence-corrected chi connectivity index (χ2v) is 8.96. The predicted molar refractivity (Wildman–Crippen MR) is 87.4 cm³/mol. The molecule has 0 unspecified atom stereocenters. The molecule has 0 rings (SSSR count). The van der Waals surface area contributed by atoms with E-state index in [1.807, 2.05) is 41.5 Å². The summed E-state index contributed by atoms with van der Waals surface area (Å²) in [6, 6.07) is 0. The van der Waals surface area contributed by atoms with Crippen molar-refractivity contribution in [2.45, 2.75) is 83.1 Å². The SMILES string of the molecule is CC(C)(C)C(=O)C(C)(C)C.CC(C)C(C)(C)C(C)C. The highest BCUT2D eigenvalue weighted by molar-refractivity contribution is 5.88. The molecule has 0 saturated heterocycles. The summed E-state index contributed by atoms with van der Waals surface area (Å²) in [6.07, 6.45) is 0. The van der Waals surface area contributed by atoms with Crippen LogP contribution in [0.5, 0.6) is 0 Å². The fourth-order valence-corrected chi connectivity index (χ4v) is 1.79. The highest BCUT2D eigenvalue weighted by Crippen LogP contribution is 2.33. The third kappa shape index (κ3) is 7.74. The van der Waals surface area contributed by atoms with Gasteiger partial charge in [-0.25, -0.2) is 0 Å². The van der Waals surface area contributed by atoms with Crippen molar-refractivity contribution in [1.82, 2.24) is 0 Å². The van der Waals surface area contributed by atoms with Gasteiger partial charge in [0.2, 0.25) is 0 Å². The molecule has 0 aromatic heterocycles. The van der Waals surface area contributed by atoms with Gasteiger partial charge in [0.05, 0.1) is 0 Å². The molecule has 0 heterocycles. The van der Waals surface area contributed by atoms with Crippen molar-refractivity contribution in [3.8, 4) is 0 Å².